The van der Waals surface area contributed by atoms with E-state index in [4.69, 9.17) is 9.84 Å². The number of nitrogens with zero attached hydrogens (tertiary/aromatic N) is 4. The fourth-order valence-electron chi connectivity index (χ4n) is 3.15. The number of carboxylic acids is 1. The highest BCUT2D eigenvalue weighted by atomic mass is 32.2. The Balaban J connectivity index is 1.77. The van der Waals surface area contributed by atoms with Crippen molar-refractivity contribution < 1.29 is 37.8 Å². The Morgan fingerprint density at radius 3 is 2.69 bits per heavy atom. The second-order valence-corrected chi connectivity index (χ2v) is 8.60. The Kier molecular flexibility index (Phi) is 4.23. The molecule has 0 spiro atoms. The lowest BCUT2D eigenvalue weighted by molar-refractivity contribution is -0.162. The van der Waals surface area contributed by atoms with E-state index in [-0.39, 0.29) is 26.2 Å². The zero-order chi connectivity index (χ0) is 19.3. The number of hydrogen-bond donors (Lipinski definition) is 2. The number of β-lactam (4-membered cyclic amide) rings is 1. The van der Waals surface area contributed by atoms with Crippen LogP contribution in [0.4, 0.5) is 0 Å². The molecule has 2 aliphatic rings. The monoisotopic (exact) mass is 388 g/mol. The molecule has 3 rings (SSSR count). The van der Waals surface area contributed by atoms with Gasteiger partial charge in [0.15, 0.2) is 20.6 Å². The number of carboxylic acid groups (broad SMARTS) is 1. The van der Waals surface area contributed by atoms with Crippen LogP contribution in [0.3, 0.4) is 0 Å². The number of ether oxygens (including phenoxy) is 1. The van der Waals surface area contributed by atoms with Gasteiger partial charge in [0, 0.05) is 0 Å². The number of aliphatic hydroxyl groups is 1. The quantitative estimate of drug-likeness (QED) is 0.393. The van der Waals surface area contributed by atoms with Crippen molar-refractivity contribution in [2.24, 2.45) is 0 Å². The van der Waals surface area contributed by atoms with E-state index in [2.05, 4.69) is 10.3 Å². The van der Waals surface area contributed by atoms with Crippen LogP contribution in [0.2, 0.25) is 0 Å². The number of carbonyl (C=O) groups is 3. The smallest absolute Gasteiger partial charge is 0.330 e. The van der Waals surface area contributed by atoms with Crippen molar-refractivity contribution in [2.45, 2.75) is 42.7 Å². The van der Waals surface area contributed by atoms with Crippen LogP contribution in [-0.4, -0.2) is 79.1 Å². The van der Waals surface area contributed by atoms with Crippen molar-refractivity contribution in [3.05, 3.63) is 11.9 Å². The number of hydrogen-bond acceptors (Lipinski definition) is 9. The highest BCUT2D eigenvalue weighted by molar-refractivity contribution is 7.94. The van der Waals surface area contributed by atoms with Crippen molar-refractivity contribution in [3.63, 3.8) is 0 Å². The van der Waals surface area contributed by atoms with Crippen molar-refractivity contribution in [2.75, 3.05) is 6.61 Å². The van der Waals surface area contributed by atoms with E-state index in [0.717, 1.165) is 6.92 Å². The van der Waals surface area contributed by atoms with Crippen LogP contribution in [0, 0.1) is 0 Å². The molecule has 142 valence electrons. The van der Waals surface area contributed by atoms with Gasteiger partial charge in [-0.3, -0.25) is 9.59 Å². The molecule has 3 atom stereocenters. The summed E-state index contributed by atoms with van der Waals surface area (Å²) in [5, 5.41) is 24.3. The van der Waals surface area contributed by atoms with Crippen LogP contribution in [0.5, 0.6) is 0 Å². The molecule has 1 unspecified atom stereocenters. The van der Waals surface area contributed by atoms with Crippen LogP contribution in [0.15, 0.2) is 6.20 Å². The molecule has 0 bridgehead atoms. The first kappa shape index (κ1) is 18.3. The van der Waals surface area contributed by atoms with E-state index in [1.807, 2.05) is 0 Å². The molecular weight excluding hydrogens is 372 g/mol. The zero-order valence-corrected chi connectivity index (χ0v) is 14.4. The fraction of sp³-hybridized carbons (Fsp3) is 0.615. The molecule has 2 fully saturated rings. The van der Waals surface area contributed by atoms with Gasteiger partial charge in [0.25, 0.3) is 0 Å². The van der Waals surface area contributed by atoms with E-state index in [1.165, 1.54) is 10.9 Å². The molecule has 1 aromatic rings. The number of esters is 1. The SMILES string of the molecule is C[C@]1(C(=O)OCCn2cc(CO)nn2)[C@H](C(=O)O)N2C(=O)CC2S1(=O)=O. The average molecular weight is 388 g/mol. The molecule has 13 heteroatoms. The maximum absolute atomic E-state index is 12.6. The summed E-state index contributed by atoms with van der Waals surface area (Å²) in [6.45, 7) is 0.387. The first-order valence-corrected chi connectivity index (χ1v) is 9.13. The molecule has 3 heterocycles. The molecule has 0 saturated carbocycles. The maximum atomic E-state index is 12.6. The van der Waals surface area contributed by atoms with Crippen molar-refractivity contribution in [1.29, 1.82) is 0 Å². The lowest BCUT2D eigenvalue weighted by Crippen LogP contribution is -2.59. The van der Waals surface area contributed by atoms with Gasteiger partial charge in [0.2, 0.25) is 5.91 Å². The molecule has 2 N–H and O–H groups in total. The summed E-state index contributed by atoms with van der Waals surface area (Å²) in [6, 6.07) is -1.83. The highest BCUT2D eigenvalue weighted by Crippen LogP contribution is 2.46. The number of aromatic nitrogens is 3. The Morgan fingerprint density at radius 1 is 1.46 bits per heavy atom. The van der Waals surface area contributed by atoms with Crippen LogP contribution in [-0.2, 0) is 42.1 Å². The van der Waals surface area contributed by atoms with Gasteiger partial charge in [-0.05, 0) is 6.92 Å². The summed E-state index contributed by atoms with van der Waals surface area (Å²) < 4.78 is 29.1. The number of rotatable bonds is 6. The largest absolute Gasteiger partial charge is 0.480 e. The normalized spacial score (nSPS) is 29.2. The summed E-state index contributed by atoms with van der Waals surface area (Å²) in [5.74, 6) is -3.47. The highest BCUT2D eigenvalue weighted by Gasteiger charge is 2.73. The van der Waals surface area contributed by atoms with Gasteiger partial charge in [-0.1, -0.05) is 5.21 Å². The van der Waals surface area contributed by atoms with Gasteiger partial charge in [0.1, 0.15) is 17.7 Å². The Morgan fingerprint density at radius 2 is 2.15 bits per heavy atom. The Bertz CT molecular complexity index is 880. The summed E-state index contributed by atoms with van der Waals surface area (Å²) in [5.41, 5.74) is 0.301. The summed E-state index contributed by atoms with van der Waals surface area (Å²) in [7, 11) is -4.27. The molecule has 0 radical (unpaired) electrons. The average Bonchev–Trinajstić information content (AvgIpc) is 3.08. The van der Waals surface area contributed by atoms with Crippen LogP contribution in [0.25, 0.3) is 0 Å². The van der Waals surface area contributed by atoms with Crippen LogP contribution >= 0.6 is 0 Å². The third-order valence-corrected chi connectivity index (χ3v) is 7.32. The van der Waals surface area contributed by atoms with E-state index < -0.39 is 43.8 Å². The maximum Gasteiger partial charge on any atom is 0.330 e. The minimum absolute atomic E-state index is 0.0265. The number of aliphatic hydroxyl groups excluding tert-OH is 1. The number of aliphatic carboxylic acids is 1. The number of fused-ring (bicyclic) bond motifs is 1. The molecule has 1 amide bonds. The van der Waals surface area contributed by atoms with Crippen LogP contribution < -0.4 is 0 Å². The molecular formula is C13H16N4O8S. The minimum atomic E-state index is -4.27. The molecule has 2 aliphatic heterocycles. The summed E-state index contributed by atoms with van der Waals surface area (Å²) >= 11 is 0. The van der Waals surface area contributed by atoms with Crippen molar-refractivity contribution >= 4 is 27.7 Å². The second-order valence-electron chi connectivity index (χ2n) is 6.12. The molecule has 1 aromatic heterocycles. The third-order valence-electron chi connectivity index (χ3n) is 4.64. The van der Waals surface area contributed by atoms with Gasteiger partial charge in [-0.15, -0.1) is 5.10 Å². The van der Waals surface area contributed by atoms with Gasteiger partial charge in [-0.2, -0.15) is 0 Å². The standard InChI is InChI=1S/C13H16N4O8S/c1-13(12(22)25-3-2-16-5-7(6-18)14-15-16)10(11(20)21)17-8(19)4-9(17)26(13,23)24/h5,9-10,18H,2-4,6H2,1H3,(H,20,21)/t9?,10-,13+/m0/s1. The van der Waals surface area contributed by atoms with Crippen molar-refractivity contribution in [1.82, 2.24) is 19.9 Å². The molecule has 2 saturated heterocycles. The number of carbonyl (C=O) groups excluding carboxylic acids is 2. The minimum Gasteiger partial charge on any atom is -0.480 e. The topological polar surface area (TPSA) is 169 Å². The second kappa shape index (κ2) is 6.02. The first-order chi connectivity index (χ1) is 12.1. The fourth-order valence-corrected chi connectivity index (χ4v) is 5.43. The van der Waals surface area contributed by atoms with E-state index in [9.17, 15) is 27.9 Å². The summed E-state index contributed by atoms with van der Waals surface area (Å²) in [4.78, 5) is 36.4. The van der Waals surface area contributed by atoms with Gasteiger partial charge >= 0.3 is 11.9 Å². The summed E-state index contributed by atoms with van der Waals surface area (Å²) in [6.07, 6.45) is 1.06. The Hall–Kier alpha value is -2.54. The van der Waals surface area contributed by atoms with Gasteiger partial charge in [-0.25, -0.2) is 17.9 Å². The molecule has 26 heavy (non-hydrogen) atoms. The molecule has 0 aliphatic carbocycles. The number of sulfone groups is 1. The Labute approximate surface area is 147 Å². The first-order valence-electron chi connectivity index (χ1n) is 7.59. The zero-order valence-electron chi connectivity index (χ0n) is 13.6. The predicted molar refractivity (Wildman–Crippen MR) is 80.9 cm³/mol. The van der Waals surface area contributed by atoms with Gasteiger partial charge < -0.3 is 19.8 Å². The van der Waals surface area contributed by atoms with Crippen molar-refractivity contribution in [3.8, 4) is 0 Å². The lowest BCUT2D eigenvalue weighted by Gasteiger charge is -2.35. The van der Waals surface area contributed by atoms with E-state index >= 15 is 0 Å². The lowest BCUT2D eigenvalue weighted by atomic mass is 9.96. The third kappa shape index (κ3) is 2.38. The number of amides is 1. The predicted octanol–water partition coefficient (Wildman–Crippen LogP) is -2.49. The molecule has 0 aromatic carbocycles. The van der Waals surface area contributed by atoms with E-state index in [1.54, 1.807) is 0 Å². The van der Waals surface area contributed by atoms with Gasteiger partial charge in [0.05, 0.1) is 25.8 Å². The van der Waals surface area contributed by atoms with Crippen LogP contribution in [0.1, 0.15) is 19.0 Å². The molecule has 12 nitrogen and oxygen atoms in total. The van der Waals surface area contributed by atoms with E-state index in [0.29, 0.717) is 10.6 Å².